The van der Waals surface area contributed by atoms with Crippen molar-refractivity contribution in [2.75, 3.05) is 33.5 Å². The number of rotatable bonds is 6. The molecular formula is C14H18N2O6S. The van der Waals surface area contributed by atoms with Crippen LogP contribution in [0.3, 0.4) is 0 Å². The first-order chi connectivity index (χ1) is 10.6. The highest BCUT2D eigenvalue weighted by molar-refractivity contribution is 7.90. The SMILES string of the molecule is CN(C)C(=O)CNC(=O)COC(=O)c1ccc(S(C)(=O)=O)cc1. The van der Waals surface area contributed by atoms with Crippen LogP contribution in [0, 0.1) is 0 Å². The Labute approximate surface area is 134 Å². The van der Waals surface area contributed by atoms with Crippen molar-refractivity contribution < 1.29 is 27.5 Å². The van der Waals surface area contributed by atoms with Crippen LogP contribution < -0.4 is 5.32 Å². The van der Waals surface area contributed by atoms with Gasteiger partial charge < -0.3 is 15.0 Å². The predicted molar refractivity (Wildman–Crippen MR) is 81.5 cm³/mol. The zero-order valence-corrected chi connectivity index (χ0v) is 13.8. The van der Waals surface area contributed by atoms with Crippen LogP contribution in [-0.4, -0.2) is 64.6 Å². The van der Waals surface area contributed by atoms with E-state index in [0.29, 0.717) is 0 Å². The van der Waals surface area contributed by atoms with Gasteiger partial charge in [-0.3, -0.25) is 9.59 Å². The molecule has 0 unspecified atom stereocenters. The molecule has 0 saturated carbocycles. The number of carbonyl (C=O) groups excluding carboxylic acids is 3. The molecule has 0 atom stereocenters. The number of amides is 2. The Bertz CT molecular complexity index is 694. The molecule has 0 bridgehead atoms. The topological polar surface area (TPSA) is 110 Å². The van der Waals surface area contributed by atoms with Crippen molar-refractivity contribution in [3.05, 3.63) is 29.8 Å². The van der Waals surface area contributed by atoms with Crippen LogP contribution in [0.4, 0.5) is 0 Å². The molecule has 0 saturated heterocycles. The third-order valence-electron chi connectivity index (χ3n) is 2.79. The number of likely N-dealkylation sites (N-methyl/N-ethyl adjacent to an activating group) is 1. The molecule has 0 aliphatic carbocycles. The van der Waals surface area contributed by atoms with E-state index >= 15 is 0 Å². The Morgan fingerprint density at radius 1 is 1.13 bits per heavy atom. The van der Waals surface area contributed by atoms with Gasteiger partial charge in [0.2, 0.25) is 5.91 Å². The first-order valence-electron chi connectivity index (χ1n) is 6.55. The van der Waals surface area contributed by atoms with Crippen molar-refractivity contribution in [2.24, 2.45) is 0 Å². The quantitative estimate of drug-likeness (QED) is 0.695. The second kappa shape index (κ2) is 7.73. The number of benzene rings is 1. The molecule has 23 heavy (non-hydrogen) atoms. The first-order valence-corrected chi connectivity index (χ1v) is 8.44. The van der Waals surface area contributed by atoms with Gasteiger partial charge in [0.1, 0.15) is 0 Å². The average molecular weight is 342 g/mol. The molecule has 0 radical (unpaired) electrons. The van der Waals surface area contributed by atoms with Crippen LogP contribution in [0.2, 0.25) is 0 Å². The zero-order chi connectivity index (χ0) is 17.6. The van der Waals surface area contributed by atoms with Crippen LogP contribution in [0.25, 0.3) is 0 Å². The maximum absolute atomic E-state index is 11.7. The predicted octanol–water partition coefficient (Wildman–Crippen LogP) is -0.549. The fourth-order valence-electron chi connectivity index (χ4n) is 1.44. The molecule has 8 nitrogen and oxygen atoms in total. The van der Waals surface area contributed by atoms with Crippen LogP contribution in [0.5, 0.6) is 0 Å². The number of nitrogens with one attached hydrogen (secondary N) is 1. The summed E-state index contributed by atoms with van der Waals surface area (Å²) < 4.78 is 27.4. The number of hydrogen-bond acceptors (Lipinski definition) is 6. The smallest absolute Gasteiger partial charge is 0.338 e. The third kappa shape index (κ3) is 6.07. The summed E-state index contributed by atoms with van der Waals surface area (Å²) in [4.78, 5) is 35.8. The van der Waals surface area contributed by atoms with E-state index in [1.807, 2.05) is 0 Å². The van der Waals surface area contributed by atoms with Crippen molar-refractivity contribution in [1.29, 1.82) is 0 Å². The van der Waals surface area contributed by atoms with Gasteiger partial charge in [-0.25, -0.2) is 13.2 Å². The van der Waals surface area contributed by atoms with Gasteiger partial charge in [-0.2, -0.15) is 0 Å². The number of ether oxygens (including phenoxy) is 1. The van der Waals surface area contributed by atoms with Gasteiger partial charge in [0, 0.05) is 20.4 Å². The molecule has 0 aliphatic rings. The average Bonchev–Trinajstić information content (AvgIpc) is 2.49. The van der Waals surface area contributed by atoms with E-state index in [2.05, 4.69) is 5.32 Å². The molecule has 0 heterocycles. The lowest BCUT2D eigenvalue weighted by Gasteiger charge is -2.11. The Kier molecular flexibility index (Phi) is 6.26. The molecule has 0 aliphatic heterocycles. The Hall–Kier alpha value is -2.42. The minimum Gasteiger partial charge on any atom is -0.452 e. The lowest BCUT2D eigenvalue weighted by molar-refractivity contribution is -0.131. The zero-order valence-electron chi connectivity index (χ0n) is 13.0. The Morgan fingerprint density at radius 3 is 2.17 bits per heavy atom. The van der Waals surface area contributed by atoms with Gasteiger partial charge in [0.15, 0.2) is 16.4 Å². The van der Waals surface area contributed by atoms with E-state index in [4.69, 9.17) is 4.74 Å². The molecule has 126 valence electrons. The molecular weight excluding hydrogens is 324 g/mol. The lowest BCUT2D eigenvalue weighted by Crippen LogP contribution is -2.38. The van der Waals surface area contributed by atoms with E-state index in [1.165, 1.54) is 29.2 Å². The lowest BCUT2D eigenvalue weighted by atomic mass is 10.2. The van der Waals surface area contributed by atoms with Crippen LogP contribution in [0.15, 0.2) is 29.2 Å². The minimum absolute atomic E-state index is 0.0778. The second-order valence-electron chi connectivity index (χ2n) is 4.94. The molecule has 1 N–H and O–H groups in total. The number of nitrogens with zero attached hydrogens (tertiary/aromatic N) is 1. The van der Waals surface area contributed by atoms with Gasteiger partial charge in [0.05, 0.1) is 17.0 Å². The third-order valence-corrected chi connectivity index (χ3v) is 3.92. The second-order valence-corrected chi connectivity index (χ2v) is 6.95. The van der Waals surface area contributed by atoms with Crippen LogP contribution >= 0.6 is 0 Å². The highest BCUT2D eigenvalue weighted by Crippen LogP contribution is 2.11. The van der Waals surface area contributed by atoms with Crippen LogP contribution in [-0.2, 0) is 24.2 Å². The van der Waals surface area contributed by atoms with E-state index in [-0.39, 0.29) is 22.9 Å². The first kappa shape index (κ1) is 18.6. The molecule has 1 rings (SSSR count). The molecule has 1 aromatic rings. The van der Waals surface area contributed by atoms with Crippen molar-refractivity contribution in [3.63, 3.8) is 0 Å². The van der Waals surface area contributed by atoms with E-state index in [9.17, 15) is 22.8 Å². The highest BCUT2D eigenvalue weighted by atomic mass is 32.2. The Balaban J connectivity index is 2.51. The van der Waals surface area contributed by atoms with Crippen molar-refractivity contribution in [1.82, 2.24) is 10.2 Å². The Morgan fingerprint density at radius 2 is 1.70 bits per heavy atom. The van der Waals surface area contributed by atoms with Gasteiger partial charge in [-0.1, -0.05) is 0 Å². The molecule has 1 aromatic carbocycles. The number of sulfone groups is 1. The minimum atomic E-state index is -3.35. The maximum Gasteiger partial charge on any atom is 0.338 e. The van der Waals surface area contributed by atoms with Crippen molar-refractivity contribution in [2.45, 2.75) is 4.90 Å². The summed E-state index contributed by atoms with van der Waals surface area (Å²) in [6, 6.07) is 5.15. The van der Waals surface area contributed by atoms with Gasteiger partial charge in [-0.05, 0) is 24.3 Å². The normalized spacial score (nSPS) is 10.7. The summed E-state index contributed by atoms with van der Waals surface area (Å²) in [5, 5.41) is 2.31. The number of esters is 1. The summed E-state index contributed by atoms with van der Waals surface area (Å²) in [7, 11) is -0.245. The van der Waals surface area contributed by atoms with E-state index in [0.717, 1.165) is 6.26 Å². The molecule has 0 fully saturated rings. The van der Waals surface area contributed by atoms with Gasteiger partial charge in [0.25, 0.3) is 5.91 Å². The molecule has 0 aromatic heterocycles. The van der Waals surface area contributed by atoms with Crippen LogP contribution in [0.1, 0.15) is 10.4 Å². The standard InChI is InChI=1S/C14H18N2O6S/c1-16(2)13(18)8-15-12(17)9-22-14(19)10-4-6-11(7-5-10)23(3,20)21/h4-7H,8-9H2,1-3H3,(H,15,17). The van der Waals surface area contributed by atoms with E-state index in [1.54, 1.807) is 14.1 Å². The summed E-state index contributed by atoms with van der Waals surface area (Å²) >= 11 is 0. The molecule has 2 amide bonds. The highest BCUT2D eigenvalue weighted by Gasteiger charge is 2.13. The van der Waals surface area contributed by atoms with Crippen molar-refractivity contribution >= 4 is 27.6 Å². The number of carbonyl (C=O) groups is 3. The monoisotopic (exact) mass is 342 g/mol. The van der Waals surface area contributed by atoms with E-state index < -0.39 is 28.3 Å². The fraction of sp³-hybridized carbons (Fsp3) is 0.357. The van der Waals surface area contributed by atoms with Crippen molar-refractivity contribution in [3.8, 4) is 0 Å². The number of hydrogen-bond donors (Lipinski definition) is 1. The van der Waals surface area contributed by atoms with Gasteiger partial charge >= 0.3 is 5.97 Å². The van der Waals surface area contributed by atoms with Gasteiger partial charge in [-0.15, -0.1) is 0 Å². The molecule has 9 heteroatoms. The summed E-state index contributed by atoms with van der Waals surface area (Å²) in [5.41, 5.74) is 0.120. The summed E-state index contributed by atoms with van der Waals surface area (Å²) in [6.45, 7) is -0.722. The largest absolute Gasteiger partial charge is 0.452 e. The maximum atomic E-state index is 11.7. The summed E-state index contributed by atoms with van der Waals surface area (Å²) in [5.74, 6) is -1.67. The summed E-state index contributed by atoms with van der Waals surface area (Å²) in [6.07, 6.45) is 1.06. The fourth-order valence-corrected chi connectivity index (χ4v) is 2.07. The molecule has 0 spiro atoms.